The van der Waals surface area contributed by atoms with Crippen molar-refractivity contribution >= 4 is 11.6 Å². The van der Waals surface area contributed by atoms with Crippen LogP contribution in [0.25, 0.3) is 0 Å². The Morgan fingerprint density at radius 3 is 2.88 bits per heavy atom. The van der Waals surface area contributed by atoms with Crippen molar-refractivity contribution in [1.82, 2.24) is 5.06 Å². The van der Waals surface area contributed by atoms with Crippen LogP contribution in [0.5, 0.6) is 0 Å². The van der Waals surface area contributed by atoms with Gasteiger partial charge in [0.1, 0.15) is 0 Å². The Morgan fingerprint density at radius 1 is 1.44 bits per heavy atom. The first-order chi connectivity index (χ1) is 7.68. The lowest BCUT2D eigenvalue weighted by atomic mass is 10.1. The summed E-state index contributed by atoms with van der Waals surface area (Å²) < 4.78 is 0. The number of hydrogen-bond acceptors (Lipinski definition) is 3. The molecule has 0 saturated carbocycles. The second-order valence-corrected chi connectivity index (χ2v) is 4.02. The third-order valence-corrected chi connectivity index (χ3v) is 2.71. The molecule has 0 radical (unpaired) electrons. The number of amides is 1. The van der Waals surface area contributed by atoms with Gasteiger partial charge in [-0.1, -0.05) is 0 Å². The molecule has 4 heteroatoms. The molecule has 0 atom stereocenters. The zero-order valence-electron chi connectivity index (χ0n) is 9.40. The lowest BCUT2D eigenvalue weighted by Gasteiger charge is -2.26. The van der Waals surface area contributed by atoms with Crippen LogP contribution in [0.15, 0.2) is 18.2 Å². The molecule has 0 bridgehead atoms. The molecule has 16 heavy (non-hydrogen) atoms. The number of anilines is 1. The molecule has 4 nitrogen and oxygen atoms in total. The Labute approximate surface area is 94.9 Å². The second kappa shape index (κ2) is 4.53. The topological polar surface area (TPSA) is 55.6 Å². The summed E-state index contributed by atoms with van der Waals surface area (Å²) in [6.45, 7) is 3.18. The van der Waals surface area contributed by atoms with E-state index in [0.29, 0.717) is 24.4 Å². The summed E-state index contributed by atoms with van der Waals surface area (Å²) in [5.74, 6) is -0.0720. The predicted molar refractivity (Wildman–Crippen MR) is 61.8 cm³/mol. The average Bonchev–Trinajstić information content (AvgIpc) is 2.29. The summed E-state index contributed by atoms with van der Waals surface area (Å²) in [6.07, 6.45) is 2.02. The Bertz CT molecular complexity index is 398. The molecule has 0 aromatic heterocycles. The molecule has 1 aromatic rings. The van der Waals surface area contributed by atoms with Gasteiger partial charge in [0.15, 0.2) is 0 Å². The van der Waals surface area contributed by atoms with E-state index >= 15 is 0 Å². The summed E-state index contributed by atoms with van der Waals surface area (Å²) in [6, 6.07) is 5.30. The summed E-state index contributed by atoms with van der Waals surface area (Å²) in [7, 11) is 0. The minimum absolute atomic E-state index is 0.0720. The van der Waals surface area contributed by atoms with Crippen LogP contribution in [-0.2, 0) is 4.84 Å². The quantitative estimate of drug-likeness (QED) is 0.733. The minimum atomic E-state index is -0.0720. The molecule has 1 aliphatic heterocycles. The van der Waals surface area contributed by atoms with E-state index < -0.39 is 0 Å². The Hall–Kier alpha value is -1.55. The summed E-state index contributed by atoms with van der Waals surface area (Å²) in [4.78, 5) is 17.4. The lowest BCUT2D eigenvalue weighted by molar-refractivity contribution is -0.144. The normalized spacial score (nSPS) is 16.2. The largest absolute Gasteiger partial charge is 0.399 e. The molecule has 1 aliphatic rings. The van der Waals surface area contributed by atoms with Gasteiger partial charge < -0.3 is 5.73 Å². The van der Waals surface area contributed by atoms with E-state index in [1.807, 2.05) is 6.92 Å². The van der Waals surface area contributed by atoms with Crippen LogP contribution in [0, 0.1) is 6.92 Å². The molecule has 1 heterocycles. The molecule has 0 unspecified atom stereocenters. The molecule has 1 fully saturated rings. The number of nitrogens with zero attached hydrogens (tertiary/aromatic N) is 1. The van der Waals surface area contributed by atoms with E-state index in [2.05, 4.69) is 0 Å². The third kappa shape index (κ3) is 2.17. The van der Waals surface area contributed by atoms with Gasteiger partial charge in [-0.05, 0) is 43.5 Å². The zero-order chi connectivity index (χ0) is 11.5. The number of benzene rings is 1. The van der Waals surface area contributed by atoms with Crippen molar-refractivity contribution in [2.75, 3.05) is 18.9 Å². The zero-order valence-corrected chi connectivity index (χ0v) is 9.40. The fourth-order valence-corrected chi connectivity index (χ4v) is 1.82. The fourth-order valence-electron chi connectivity index (χ4n) is 1.82. The van der Waals surface area contributed by atoms with Gasteiger partial charge in [0.05, 0.1) is 6.61 Å². The molecule has 0 aliphatic carbocycles. The van der Waals surface area contributed by atoms with Crippen LogP contribution < -0.4 is 5.73 Å². The lowest BCUT2D eigenvalue weighted by Crippen LogP contribution is -2.36. The monoisotopic (exact) mass is 220 g/mol. The van der Waals surface area contributed by atoms with Crippen molar-refractivity contribution < 1.29 is 9.63 Å². The first kappa shape index (κ1) is 11.0. The van der Waals surface area contributed by atoms with Gasteiger partial charge in [-0.25, -0.2) is 5.06 Å². The molecule has 2 rings (SSSR count). The molecular weight excluding hydrogens is 204 g/mol. The molecule has 1 amide bonds. The van der Waals surface area contributed by atoms with Crippen molar-refractivity contribution in [1.29, 1.82) is 0 Å². The molecule has 1 saturated heterocycles. The number of rotatable bonds is 1. The Balaban J connectivity index is 2.19. The molecule has 2 N–H and O–H groups in total. The Kier molecular flexibility index (Phi) is 3.10. The number of nitrogen functional groups attached to an aromatic ring is 1. The number of aryl methyl sites for hydroxylation is 1. The minimum Gasteiger partial charge on any atom is -0.399 e. The summed E-state index contributed by atoms with van der Waals surface area (Å²) in [5.41, 5.74) is 7.88. The second-order valence-electron chi connectivity index (χ2n) is 4.02. The van der Waals surface area contributed by atoms with Gasteiger partial charge in [-0.15, -0.1) is 0 Å². The molecule has 1 aromatic carbocycles. The SMILES string of the molecule is Cc1cc(N)ccc1C(=O)N1CCCCO1. The smallest absolute Gasteiger partial charge is 0.277 e. The highest BCUT2D eigenvalue weighted by Gasteiger charge is 2.20. The van der Waals surface area contributed by atoms with Crippen molar-refractivity contribution in [3.05, 3.63) is 29.3 Å². The van der Waals surface area contributed by atoms with Crippen molar-refractivity contribution in [2.45, 2.75) is 19.8 Å². The van der Waals surface area contributed by atoms with Gasteiger partial charge in [0.2, 0.25) is 0 Å². The van der Waals surface area contributed by atoms with Crippen LogP contribution in [0.4, 0.5) is 5.69 Å². The van der Waals surface area contributed by atoms with Gasteiger partial charge >= 0.3 is 0 Å². The van der Waals surface area contributed by atoms with E-state index in [0.717, 1.165) is 18.4 Å². The molecule has 0 spiro atoms. The van der Waals surface area contributed by atoms with Gasteiger partial charge in [-0.3, -0.25) is 9.63 Å². The third-order valence-electron chi connectivity index (χ3n) is 2.71. The van der Waals surface area contributed by atoms with Crippen molar-refractivity contribution in [3.8, 4) is 0 Å². The predicted octanol–water partition coefficient (Wildman–Crippen LogP) is 1.74. The van der Waals surface area contributed by atoms with E-state index in [1.54, 1.807) is 18.2 Å². The first-order valence-corrected chi connectivity index (χ1v) is 5.49. The number of hydroxylamine groups is 2. The highest BCUT2D eigenvalue weighted by Crippen LogP contribution is 2.17. The van der Waals surface area contributed by atoms with Crippen molar-refractivity contribution in [3.63, 3.8) is 0 Å². The van der Waals surface area contributed by atoms with Gasteiger partial charge in [-0.2, -0.15) is 0 Å². The average molecular weight is 220 g/mol. The standard InChI is InChI=1S/C12H16N2O2/c1-9-8-10(13)4-5-11(9)12(15)14-6-2-3-7-16-14/h4-5,8H,2-3,6-7,13H2,1H3. The molecular formula is C12H16N2O2. The van der Waals surface area contributed by atoms with Gasteiger partial charge in [0, 0.05) is 17.8 Å². The van der Waals surface area contributed by atoms with E-state index in [9.17, 15) is 4.79 Å². The highest BCUT2D eigenvalue weighted by molar-refractivity contribution is 5.95. The van der Waals surface area contributed by atoms with Crippen LogP contribution in [-0.4, -0.2) is 24.1 Å². The molecule has 86 valence electrons. The van der Waals surface area contributed by atoms with E-state index in [4.69, 9.17) is 10.6 Å². The summed E-state index contributed by atoms with van der Waals surface area (Å²) in [5, 5.41) is 1.45. The number of carbonyl (C=O) groups excluding carboxylic acids is 1. The van der Waals surface area contributed by atoms with Gasteiger partial charge in [0.25, 0.3) is 5.91 Å². The summed E-state index contributed by atoms with van der Waals surface area (Å²) >= 11 is 0. The van der Waals surface area contributed by atoms with Crippen LogP contribution in [0.2, 0.25) is 0 Å². The fraction of sp³-hybridized carbons (Fsp3) is 0.417. The Morgan fingerprint density at radius 2 is 2.25 bits per heavy atom. The first-order valence-electron chi connectivity index (χ1n) is 5.49. The van der Waals surface area contributed by atoms with Crippen LogP contribution in [0.1, 0.15) is 28.8 Å². The maximum atomic E-state index is 12.1. The maximum absolute atomic E-state index is 12.1. The van der Waals surface area contributed by atoms with Crippen molar-refractivity contribution in [2.24, 2.45) is 0 Å². The van der Waals surface area contributed by atoms with E-state index in [1.165, 1.54) is 5.06 Å². The maximum Gasteiger partial charge on any atom is 0.277 e. The highest BCUT2D eigenvalue weighted by atomic mass is 16.7. The van der Waals surface area contributed by atoms with E-state index in [-0.39, 0.29) is 5.91 Å². The number of hydrogen-bond donors (Lipinski definition) is 1. The number of nitrogens with two attached hydrogens (primary N) is 1. The van der Waals surface area contributed by atoms with Crippen LogP contribution >= 0.6 is 0 Å². The van der Waals surface area contributed by atoms with Crippen LogP contribution in [0.3, 0.4) is 0 Å². The number of carbonyl (C=O) groups is 1.